The molecule has 4 heterocycles. The van der Waals surface area contributed by atoms with Crippen LogP contribution in [0.5, 0.6) is 5.75 Å². The summed E-state index contributed by atoms with van der Waals surface area (Å²) >= 11 is 0. The van der Waals surface area contributed by atoms with Gasteiger partial charge >= 0.3 is 18.3 Å². The van der Waals surface area contributed by atoms with Gasteiger partial charge < -0.3 is 44.6 Å². The van der Waals surface area contributed by atoms with Crippen molar-refractivity contribution in [2.75, 3.05) is 27.3 Å². The predicted molar refractivity (Wildman–Crippen MR) is 228 cm³/mol. The number of rotatable bonds is 13. The van der Waals surface area contributed by atoms with Gasteiger partial charge in [-0.2, -0.15) is 8.78 Å². The maximum absolute atomic E-state index is 14.6. The van der Waals surface area contributed by atoms with Crippen LogP contribution < -0.4 is 15.4 Å². The third-order valence-electron chi connectivity index (χ3n) is 11.9. The Morgan fingerprint density at radius 3 is 1.76 bits per heavy atom. The van der Waals surface area contributed by atoms with E-state index in [2.05, 4.69) is 20.6 Å². The molecule has 7 rings (SSSR count). The molecule has 2 fully saturated rings. The molecule has 0 spiro atoms. The lowest BCUT2D eigenvalue weighted by atomic mass is 9.97. The molecular weight excluding hydrogens is 803 g/mol. The number of benzene rings is 3. The van der Waals surface area contributed by atoms with Gasteiger partial charge in [0.15, 0.2) is 0 Å². The van der Waals surface area contributed by atoms with Crippen LogP contribution in [0.1, 0.15) is 90.5 Å². The fourth-order valence-corrected chi connectivity index (χ4v) is 8.49. The van der Waals surface area contributed by atoms with E-state index >= 15 is 0 Å². The highest BCUT2D eigenvalue weighted by Gasteiger charge is 2.39. The van der Waals surface area contributed by atoms with E-state index in [1.807, 2.05) is 58.0 Å². The first kappa shape index (κ1) is 43.8. The number of nitrogens with zero attached hydrogens (tertiary/aromatic N) is 4. The summed E-state index contributed by atoms with van der Waals surface area (Å²) < 4.78 is 44.1. The first-order valence-electron chi connectivity index (χ1n) is 21.1. The Hall–Kier alpha value is -6.26. The van der Waals surface area contributed by atoms with Crippen molar-refractivity contribution in [2.24, 2.45) is 11.8 Å². The second kappa shape index (κ2) is 18.0. The molecule has 4 N–H and O–H groups in total. The van der Waals surface area contributed by atoms with Crippen LogP contribution >= 0.6 is 0 Å². The molecule has 5 aromatic rings. The first-order valence-corrected chi connectivity index (χ1v) is 21.1. The molecule has 2 aromatic heterocycles. The van der Waals surface area contributed by atoms with Crippen molar-refractivity contribution in [1.82, 2.24) is 40.4 Å². The lowest BCUT2D eigenvalue weighted by Crippen LogP contribution is -2.51. The number of likely N-dealkylation sites (tertiary alicyclic amines) is 2. The summed E-state index contributed by atoms with van der Waals surface area (Å²) in [6.45, 7) is 9.30. The Balaban J connectivity index is 1.15. The Morgan fingerprint density at radius 2 is 1.24 bits per heavy atom. The van der Waals surface area contributed by atoms with Gasteiger partial charge in [-0.05, 0) is 84.5 Å². The molecule has 0 aliphatic carbocycles. The maximum atomic E-state index is 14.6. The van der Waals surface area contributed by atoms with E-state index in [4.69, 9.17) is 24.2 Å². The summed E-state index contributed by atoms with van der Waals surface area (Å²) in [4.78, 5) is 71.7. The van der Waals surface area contributed by atoms with E-state index in [0.29, 0.717) is 89.7 Å². The fraction of sp³-hybridized carbons (Fsp3) is 0.467. The zero-order valence-corrected chi connectivity index (χ0v) is 36.0. The monoisotopic (exact) mass is 856 g/mol. The van der Waals surface area contributed by atoms with E-state index in [-0.39, 0.29) is 41.5 Å². The number of alkyl carbamates (subject to hydrolysis) is 2. The Morgan fingerprint density at radius 1 is 0.758 bits per heavy atom. The number of carbonyl (C=O) groups excluding carboxylic acids is 4. The van der Waals surface area contributed by atoms with Gasteiger partial charge in [-0.25, -0.2) is 19.6 Å². The van der Waals surface area contributed by atoms with Gasteiger partial charge in [0.1, 0.15) is 29.5 Å². The number of hydrogen-bond donors (Lipinski definition) is 4. The minimum absolute atomic E-state index is 0.0263. The van der Waals surface area contributed by atoms with E-state index in [0.717, 1.165) is 18.4 Å². The third-order valence-corrected chi connectivity index (χ3v) is 11.9. The number of aromatic nitrogens is 4. The summed E-state index contributed by atoms with van der Waals surface area (Å²) in [5.74, 6) is 0.461. The molecular formula is C45H54F2N8O7. The van der Waals surface area contributed by atoms with Crippen LogP contribution in [0.2, 0.25) is 0 Å². The highest BCUT2D eigenvalue weighted by atomic mass is 19.3. The van der Waals surface area contributed by atoms with Gasteiger partial charge in [0, 0.05) is 25.6 Å². The molecule has 17 heteroatoms. The number of carbonyl (C=O) groups is 4. The number of hydrogen-bond acceptors (Lipinski definition) is 9. The number of imidazole rings is 2. The molecule has 5 atom stereocenters. The van der Waals surface area contributed by atoms with Crippen LogP contribution in [0.3, 0.4) is 0 Å². The van der Waals surface area contributed by atoms with Crippen LogP contribution in [0.4, 0.5) is 18.4 Å². The lowest BCUT2D eigenvalue weighted by molar-refractivity contribution is -0.158. The number of nitrogens with one attached hydrogen (secondary N) is 4. The van der Waals surface area contributed by atoms with Crippen LogP contribution in [-0.4, -0.2) is 99.2 Å². The average molecular weight is 857 g/mol. The van der Waals surface area contributed by atoms with Crippen LogP contribution in [0, 0.1) is 11.8 Å². The zero-order chi connectivity index (χ0) is 44.5. The van der Waals surface area contributed by atoms with Crippen molar-refractivity contribution in [3.63, 3.8) is 0 Å². The second-order valence-corrected chi connectivity index (χ2v) is 16.6. The van der Waals surface area contributed by atoms with Crippen molar-refractivity contribution in [1.29, 1.82) is 0 Å². The van der Waals surface area contributed by atoms with E-state index in [9.17, 15) is 28.0 Å². The summed E-state index contributed by atoms with van der Waals surface area (Å²) in [7, 11) is 2.52. The Bertz CT molecular complexity index is 2460. The smallest absolute Gasteiger partial charge is 0.407 e. The number of alkyl halides is 2. The molecule has 4 amide bonds. The molecule has 0 saturated carbocycles. The SMILES string of the molecule is CCC(C)C(NC(=O)OC)C(=O)N1CCCC1c1nc2ccc(-c3ccc(-c4ccc5nc(C6CCCN6C(=O)C(NC(=O)OC)C(C)C)[nH]c5c4)cc3OC(C)(F)F)cc2[nH]1. The number of fused-ring (bicyclic) bond motifs is 2. The standard InChI is InChI=1S/C45H54F2N8O7/c1-8-25(4)38(53-44(59)61-7)42(57)55-20-10-12-35(55)40-49-31-18-15-28(22-33(31)51-40)29-16-13-27(23-36(29)62-45(5,46)47)26-14-17-30-32(21-26)50-39(48-30)34-11-9-19-54(34)41(56)37(24(2)3)52-43(58)60-6/h13-18,21-25,34-35,37-38H,8-12,19-20H2,1-7H3,(H,48,50)(H,49,51)(H,52,58)(H,53,59). The minimum atomic E-state index is -3.49. The van der Waals surface area contributed by atoms with Crippen molar-refractivity contribution in [3.8, 4) is 28.0 Å². The van der Waals surface area contributed by atoms with Crippen molar-refractivity contribution >= 4 is 46.1 Å². The summed E-state index contributed by atoms with van der Waals surface area (Å²) in [6.07, 6.45) is -1.27. The van der Waals surface area contributed by atoms with Gasteiger partial charge in [0.2, 0.25) is 11.8 Å². The molecule has 2 saturated heterocycles. The number of aromatic amines is 2. The van der Waals surface area contributed by atoms with Crippen molar-refractivity contribution < 1.29 is 42.2 Å². The molecule has 15 nitrogen and oxygen atoms in total. The van der Waals surface area contributed by atoms with Gasteiger partial charge in [-0.3, -0.25) is 9.59 Å². The Kier molecular flexibility index (Phi) is 12.7. The third kappa shape index (κ3) is 9.16. The molecule has 330 valence electrons. The quantitative estimate of drug-likeness (QED) is 0.0906. The molecule has 2 aliphatic rings. The highest BCUT2D eigenvalue weighted by Crippen LogP contribution is 2.40. The normalized spacial score (nSPS) is 18.2. The van der Waals surface area contributed by atoms with Crippen molar-refractivity contribution in [3.05, 3.63) is 66.2 Å². The van der Waals surface area contributed by atoms with Gasteiger partial charge in [0.25, 0.3) is 0 Å². The molecule has 2 aliphatic heterocycles. The molecule has 0 bridgehead atoms. The fourth-order valence-electron chi connectivity index (χ4n) is 8.49. The topological polar surface area (TPSA) is 184 Å². The number of halogens is 2. The maximum Gasteiger partial charge on any atom is 0.407 e. The van der Waals surface area contributed by atoms with Gasteiger partial charge in [-0.1, -0.05) is 58.4 Å². The van der Waals surface area contributed by atoms with Crippen LogP contribution in [0.25, 0.3) is 44.3 Å². The molecule has 3 aromatic carbocycles. The molecule has 5 unspecified atom stereocenters. The van der Waals surface area contributed by atoms with Crippen LogP contribution in [0.15, 0.2) is 54.6 Å². The van der Waals surface area contributed by atoms with Gasteiger partial charge in [-0.15, -0.1) is 0 Å². The molecule has 62 heavy (non-hydrogen) atoms. The van der Waals surface area contributed by atoms with E-state index in [1.54, 1.807) is 34.1 Å². The zero-order valence-electron chi connectivity index (χ0n) is 36.0. The van der Waals surface area contributed by atoms with E-state index < -0.39 is 30.4 Å². The summed E-state index contributed by atoms with van der Waals surface area (Å²) in [6, 6.07) is 14.0. The number of amides is 4. The first-order chi connectivity index (χ1) is 29.6. The largest absolute Gasteiger partial charge is 0.453 e. The lowest BCUT2D eigenvalue weighted by Gasteiger charge is -2.30. The number of H-pyrrole nitrogens is 2. The molecule has 0 radical (unpaired) electrons. The van der Waals surface area contributed by atoms with Crippen LogP contribution in [-0.2, 0) is 19.1 Å². The highest BCUT2D eigenvalue weighted by molar-refractivity contribution is 5.89. The number of methoxy groups -OCH3 is 2. The summed E-state index contributed by atoms with van der Waals surface area (Å²) in [5.41, 5.74) is 5.09. The predicted octanol–water partition coefficient (Wildman–Crippen LogP) is 8.24. The average Bonchev–Trinajstić information content (AvgIpc) is 4.08. The van der Waals surface area contributed by atoms with E-state index in [1.165, 1.54) is 14.2 Å². The Labute approximate surface area is 358 Å². The van der Waals surface area contributed by atoms with Crippen molar-refractivity contribution in [2.45, 2.75) is 97.0 Å². The minimum Gasteiger partial charge on any atom is -0.453 e. The van der Waals surface area contributed by atoms with Gasteiger partial charge in [0.05, 0.1) is 48.4 Å². The second-order valence-electron chi connectivity index (χ2n) is 16.6. The number of ether oxygens (including phenoxy) is 3. The summed E-state index contributed by atoms with van der Waals surface area (Å²) in [5, 5.41) is 5.38.